The van der Waals surface area contributed by atoms with Crippen LogP contribution >= 0.6 is 24.0 Å². The third-order valence-corrected chi connectivity index (χ3v) is 4.68. The number of ether oxygens (including phenoxy) is 1. The van der Waals surface area contributed by atoms with Gasteiger partial charge >= 0.3 is 0 Å². The van der Waals surface area contributed by atoms with E-state index in [9.17, 15) is 4.79 Å². The molecule has 1 heterocycles. The van der Waals surface area contributed by atoms with Crippen LogP contribution in [0.2, 0.25) is 0 Å². The molecule has 0 atom stereocenters. The lowest BCUT2D eigenvalue weighted by molar-refractivity contribution is -0.115. The Balaban J connectivity index is 2.36. The molecule has 1 aliphatic heterocycles. The molecule has 1 N–H and O–H groups in total. The maximum Gasteiger partial charge on any atom is 0.263 e. The number of anilines is 1. The number of carbonyl (C=O) groups excluding carboxylic acids is 1. The second kappa shape index (κ2) is 8.36. The maximum absolute atomic E-state index is 11.8. The van der Waals surface area contributed by atoms with Gasteiger partial charge in [0.15, 0.2) is 0 Å². The lowest BCUT2D eigenvalue weighted by Gasteiger charge is -2.22. The summed E-state index contributed by atoms with van der Waals surface area (Å²) in [5.74, 6) is 0.657. The molecule has 1 fully saturated rings. The van der Waals surface area contributed by atoms with Crippen LogP contribution in [0.15, 0.2) is 23.1 Å². The molecular weight excluding hydrogens is 328 g/mol. The minimum Gasteiger partial charge on any atom is -0.493 e. The number of nitrogens with one attached hydrogen (secondary N) is 1. The number of rotatable bonds is 7. The summed E-state index contributed by atoms with van der Waals surface area (Å²) < 4.78 is 6.39. The summed E-state index contributed by atoms with van der Waals surface area (Å²) in [7, 11) is 0. The van der Waals surface area contributed by atoms with Crippen LogP contribution < -0.4 is 15.0 Å². The highest BCUT2D eigenvalue weighted by molar-refractivity contribution is 8.26. The first kappa shape index (κ1) is 17.8. The largest absolute Gasteiger partial charge is 0.493 e. The van der Waals surface area contributed by atoms with E-state index in [4.69, 9.17) is 17.0 Å². The Bertz CT molecular complexity index is 625. The Morgan fingerprint density at radius 1 is 1.30 bits per heavy atom. The highest BCUT2D eigenvalue weighted by Gasteiger charge is 2.22. The summed E-state index contributed by atoms with van der Waals surface area (Å²) in [6, 6.07) is 6.11. The van der Waals surface area contributed by atoms with Gasteiger partial charge in [0, 0.05) is 30.4 Å². The van der Waals surface area contributed by atoms with Crippen LogP contribution in [0.4, 0.5) is 5.69 Å². The summed E-state index contributed by atoms with van der Waals surface area (Å²) >= 11 is 6.32. The first-order valence-electron chi connectivity index (χ1n) is 7.85. The van der Waals surface area contributed by atoms with E-state index in [1.165, 1.54) is 11.8 Å². The molecule has 0 aliphatic carbocycles. The molecule has 1 saturated heterocycles. The molecule has 124 valence electrons. The van der Waals surface area contributed by atoms with Crippen molar-refractivity contribution in [3.63, 3.8) is 0 Å². The molecule has 6 heteroatoms. The molecule has 4 nitrogen and oxygen atoms in total. The molecule has 0 saturated carbocycles. The quantitative estimate of drug-likeness (QED) is 0.598. The van der Waals surface area contributed by atoms with E-state index in [1.54, 1.807) is 0 Å². The van der Waals surface area contributed by atoms with Crippen molar-refractivity contribution in [1.29, 1.82) is 0 Å². The predicted molar refractivity (Wildman–Crippen MR) is 102 cm³/mol. The Labute approximate surface area is 147 Å². The summed E-state index contributed by atoms with van der Waals surface area (Å²) in [5.41, 5.74) is 2.03. The van der Waals surface area contributed by atoms with Gasteiger partial charge in [0.1, 0.15) is 10.1 Å². The minimum atomic E-state index is -0.144. The lowest BCUT2D eigenvalue weighted by Crippen LogP contribution is -2.21. The molecule has 1 aromatic carbocycles. The first-order chi connectivity index (χ1) is 11.1. The Morgan fingerprint density at radius 3 is 2.61 bits per heavy atom. The highest BCUT2D eigenvalue weighted by Crippen LogP contribution is 2.32. The van der Waals surface area contributed by atoms with E-state index in [0.29, 0.717) is 15.8 Å². The summed E-state index contributed by atoms with van der Waals surface area (Å²) in [6.45, 7) is 8.87. The highest BCUT2D eigenvalue weighted by atomic mass is 32.2. The molecule has 0 spiro atoms. The molecular formula is C17H22N2O2S2. The third kappa shape index (κ3) is 4.48. The van der Waals surface area contributed by atoms with Crippen molar-refractivity contribution in [3.8, 4) is 5.75 Å². The van der Waals surface area contributed by atoms with E-state index in [1.807, 2.05) is 18.2 Å². The van der Waals surface area contributed by atoms with Crippen molar-refractivity contribution in [2.75, 3.05) is 24.6 Å². The van der Waals surface area contributed by atoms with Crippen LogP contribution in [0, 0.1) is 0 Å². The van der Waals surface area contributed by atoms with Crippen molar-refractivity contribution in [2.24, 2.45) is 0 Å². The topological polar surface area (TPSA) is 41.6 Å². The van der Waals surface area contributed by atoms with Crippen LogP contribution in [0.1, 0.15) is 32.8 Å². The zero-order valence-corrected chi connectivity index (χ0v) is 15.4. The Kier molecular flexibility index (Phi) is 6.47. The molecule has 2 rings (SSSR count). The standard InChI is InChI=1S/C17H22N2O2S2/c1-4-9-21-14-11-13(19(5-2)6-3)8-7-12(14)10-15-16(20)18-17(22)23-15/h7-8,10-11H,4-6,9H2,1-3H3,(H,18,20,22)/b15-10-. The number of thiocarbonyl (C=S) groups is 1. The SMILES string of the molecule is CCCOc1cc(N(CC)CC)ccc1/C=C1\SC(=S)NC1=O. The second-order valence-corrected chi connectivity index (χ2v) is 6.81. The van der Waals surface area contributed by atoms with E-state index in [0.717, 1.165) is 36.5 Å². The van der Waals surface area contributed by atoms with Gasteiger partial charge in [-0.05, 0) is 38.5 Å². The van der Waals surface area contributed by atoms with E-state index in [2.05, 4.69) is 37.1 Å². The monoisotopic (exact) mass is 350 g/mol. The average Bonchev–Trinajstić information content (AvgIpc) is 2.85. The number of hydrogen-bond donors (Lipinski definition) is 1. The van der Waals surface area contributed by atoms with Crippen molar-refractivity contribution >= 4 is 46.0 Å². The maximum atomic E-state index is 11.8. The predicted octanol–water partition coefficient (Wildman–Crippen LogP) is 3.81. The van der Waals surface area contributed by atoms with E-state index < -0.39 is 0 Å². The molecule has 1 amide bonds. The van der Waals surface area contributed by atoms with Crippen LogP contribution in [-0.2, 0) is 4.79 Å². The normalized spacial score (nSPS) is 15.9. The minimum absolute atomic E-state index is 0.144. The zero-order chi connectivity index (χ0) is 16.8. The number of carbonyl (C=O) groups is 1. The Morgan fingerprint density at radius 2 is 2.04 bits per heavy atom. The fraction of sp³-hybridized carbons (Fsp3) is 0.412. The zero-order valence-electron chi connectivity index (χ0n) is 13.7. The first-order valence-corrected chi connectivity index (χ1v) is 9.08. The average molecular weight is 351 g/mol. The van der Waals surface area contributed by atoms with Crippen molar-refractivity contribution in [1.82, 2.24) is 5.32 Å². The number of nitrogens with zero attached hydrogens (tertiary/aromatic N) is 1. The summed E-state index contributed by atoms with van der Waals surface area (Å²) in [6.07, 6.45) is 2.78. The molecule has 0 unspecified atom stereocenters. The molecule has 23 heavy (non-hydrogen) atoms. The van der Waals surface area contributed by atoms with Gasteiger partial charge in [0.25, 0.3) is 5.91 Å². The smallest absolute Gasteiger partial charge is 0.263 e. The molecule has 1 aliphatic rings. The lowest BCUT2D eigenvalue weighted by atomic mass is 10.1. The van der Waals surface area contributed by atoms with Gasteiger partial charge in [-0.15, -0.1) is 0 Å². The third-order valence-electron chi connectivity index (χ3n) is 3.52. The van der Waals surface area contributed by atoms with Crippen LogP contribution in [0.3, 0.4) is 0 Å². The van der Waals surface area contributed by atoms with Gasteiger partial charge in [0.2, 0.25) is 0 Å². The summed E-state index contributed by atoms with van der Waals surface area (Å²) in [5, 5.41) is 2.64. The molecule has 0 bridgehead atoms. The number of thioether (sulfide) groups is 1. The Hall–Kier alpha value is -1.53. The van der Waals surface area contributed by atoms with Gasteiger partial charge in [0.05, 0.1) is 11.5 Å². The second-order valence-electron chi connectivity index (χ2n) is 5.10. The van der Waals surface area contributed by atoms with Crippen molar-refractivity contribution in [2.45, 2.75) is 27.2 Å². The van der Waals surface area contributed by atoms with Gasteiger partial charge < -0.3 is 15.0 Å². The molecule has 1 aromatic rings. The van der Waals surface area contributed by atoms with Crippen LogP contribution in [0.5, 0.6) is 5.75 Å². The van der Waals surface area contributed by atoms with E-state index >= 15 is 0 Å². The van der Waals surface area contributed by atoms with Crippen molar-refractivity contribution < 1.29 is 9.53 Å². The van der Waals surface area contributed by atoms with Crippen LogP contribution in [-0.4, -0.2) is 29.9 Å². The van der Waals surface area contributed by atoms with Gasteiger partial charge in [-0.3, -0.25) is 4.79 Å². The number of amides is 1. The fourth-order valence-corrected chi connectivity index (χ4v) is 3.36. The molecule has 0 aromatic heterocycles. The van der Waals surface area contributed by atoms with Gasteiger partial charge in [-0.25, -0.2) is 0 Å². The van der Waals surface area contributed by atoms with Gasteiger partial charge in [-0.1, -0.05) is 30.9 Å². The number of benzene rings is 1. The fourth-order valence-electron chi connectivity index (χ4n) is 2.33. The van der Waals surface area contributed by atoms with Crippen LogP contribution in [0.25, 0.3) is 6.08 Å². The van der Waals surface area contributed by atoms with Crippen molar-refractivity contribution in [3.05, 3.63) is 28.7 Å². The van der Waals surface area contributed by atoms with Gasteiger partial charge in [-0.2, -0.15) is 0 Å². The molecule has 0 radical (unpaired) electrons. The van der Waals surface area contributed by atoms with E-state index in [-0.39, 0.29) is 5.91 Å². The summed E-state index contributed by atoms with van der Waals surface area (Å²) in [4.78, 5) is 14.7. The number of hydrogen-bond acceptors (Lipinski definition) is 5.